The predicted octanol–water partition coefficient (Wildman–Crippen LogP) is 0.917. The molecule has 1 aromatic carbocycles. The normalized spacial score (nSPS) is 16.0. The Balaban J connectivity index is 1.97. The third-order valence-corrected chi connectivity index (χ3v) is 4.57. The van der Waals surface area contributed by atoms with Crippen molar-refractivity contribution in [2.75, 3.05) is 26.6 Å². The minimum absolute atomic E-state index is 0.0922. The van der Waals surface area contributed by atoms with Crippen LogP contribution < -0.4 is 25.1 Å². The molecule has 3 aromatic rings. The highest BCUT2D eigenvalue weighted by molar-refractivity contribution is 5.94. The average molecular weight is 371 g/mol. The molecule has 0 aliphatic carbocycles. The Morgan fingerprint density at radius 3 is 2.44 bits per heavy atom. The fourth-order valence-electron chi connectivity index (χ4n) is 3.38. The molecule has 0 saturated carbocycles. The minimum Gasteiger partial charge on any atom is -0.493 e. The maximum atomic E-state index is 12.7. The van der Waals surface area contributed by atoms with E-state index in [2.05, 4.69) is 20.4 Å². The number of rotatable bonds is 4. The predicted molar refractivity (Wildman–Crippen MR) is 94.8 cm³/mol. The van der Waals surface area contributed by atoms with Crippen LogP contribution in [0.3, 0.4) is 0 Å². The number of H-pyrrole nitrogens is 1. The first-order chi connectivity index (χ1) is 13.1. The van der Waals surface area contributed by atoms with Gasteiger partial charge in [0.25, 0.3) is 5.56 Å². The molecule has 1 amide bonds. The van der Waals surface area contributed by atoms with E-state index in [0.717, 1.165) is 0 Å². The second-order valence-electron chi connectivity index (χ2n) is 5.98. The number of carbonyl (C=O) groups is 1. The number of amides is 1. The van der Waals surface area contributed by atoms with E-state index >= 15 is 0 Å². The number of fused-ring (bicyclic) bond motifs is 3. The average Bonchev–Trinajstić information content (AvgIpc) is 3.14. The molecule has 2 aromatic heterocycles. The number of nitrogens with one attached hydrogen (secondary N) is 2. The summed E-state index contributed by atoms with van der Waals surface area (Å²) >= 11 is 0. The van der Waals surface area contributed by atoms with Gasteiger partial charge in [-0.3, -0.25) is 14.6 Å². The van der Waals surface area contributed by atoms with Gasteiger partial charge in [0.15, 0.2) is 11.5 Å². The number of carbonyl (C=O) groups excluding carboxylic acids is 1. The van der Waals surface area contributed by atoms with Crippen molar-refractivity contribution in [2.45, 2.75) is 12.3 Å². The molecule has 10 nitrogen and oxygen atoms in total. The van der Waals surface area contributed by atoms with Crippen molar-refractivity contribution in [3.63, 3.8) is 0 Å². The van der Waals surface area contributed by atoms with Crippen molar-refractivity contribution in [1.82, 2.24) is 19.6 Å². The molecular formula is C17H17N5O5. The van der Waals surface area contributed by atoms with Crippen LogP contribution >= 0.6 is 0 Å². The van der Waals surface area contributed by atoms with E-state index in [-0.39, 0.29) is 23.7 Å². The van der Waals surface area contributed by atoms with Crippen LogP contribution in [0.25, 0.3) is 5.78 Å². The van der Waals surface area contributed by atoms with Gasteiger partial charge in [-0.2, -0.15) is 14.6 Å². The Morgan fingerprint density at radius 2 is 1.81 bits per heavy atom. The molecule has 0 radical (unpaired) electrons. The summed E-state index contributed by atoms with van der Waals surface area (Å²) in [5, 5.41) is 6.81. The van der Waals surface area contributed by atoms with Crippen molar-refractivity contribution in [3.05, 3.63) is 39.9 Å². The molecule has 1 atom stereocenters. The van der Waals surface area contributed by atoms with Gasteiger partial charge in [-0.05, 0) is 17.7 Å². The summed E-state index contributed by atoms with van der Waals surface area (Å²) in [6, 6.07) is 3.47. The van der Waals surface area contributed by atoms with E-state index < -0.39 is 5.92 Å². The lowest BCUT2D eigenvalue weighted by Crippen LogP contribution is -2.32. The fraction of sp³-hybridized carbons (Fsp3) is 0.294. The van der Waals surface area contributed by atoms with Gasteiger partial charge in [0.2, 0.25) is 17.4 Å². The zero-order chi connectivity index (χ0) is 19.1. The molecule has 0 fully saturated rings. The summed E-state index contributed by atoms with van der Waals surface area (Å²) < 4.78 is 17.5. The molecule has 2 N–H and O–H groups in total. The smallest absolute Gasteiger partial charge is 0.258 e. The molecule has 140 valence electrons. The number of nitrogens with zero attached hydrogens (tertiary/aromatic N) is 3. The van der Waals surface area contributed by atoms with Gasteiger partial charge in [-0.15, -0.1) is 0 Å². The topological polar surface area (TPSA) is 120 Å². The molecule has 0 bridgehead atoms. The van der Waals surface area contributed by atoms with Crippen molar-refractivity contribution in [1.29, 1.82) is 0 Å². The highest BCUT2D eigenvalue weighted by atomic mass is 16.5. The second-order valence-corrected chi connectivity index (χ2v) is 5.98. The van der Waals surface area contributed by atoms with Gasteiger partial charge >= 0.3 is 0 Å². The number of ether oxygens (including phenoxy) is 3. The Kier molecular flexibility index (Phi) is 3.94. The maximum absolute atomic E-state index is 12.7. The molecular weight excluding hydrogens is 354 g/mol. The van der Waals surface area contributed by atoms with E-state index in [1.54, 1.807) is 12.1 Å². The lowest BCUT2D eigenvalue weighted by molar-refractivity contribution is -0.116. The summed E-state index contributed by atoms with van der Waals surface area (Å²) in [5.74, 6) is 1.13. The lowest BCUT2D eigenvalue weighted by atomic mass is 9.86. The van der Waals surface area contributed by atoms with Crippen molar-refractivity contribution < 1.29 is 19.0 Å². The molecule has 0 spiro atoms. The molecule has 0 saturated heterocycles. The van der Waals surface area contributed by atoms with Crippen molar-refractivity contribution in [3.8, 4) is 17.2 Å². The van der Waals surface area contributed by atoms with Gasteiger partial charge < -0.3 is 19.5 Å². The van der Waals surface area contributed by atoms with Gasteiger partial charge in [0.05, 0.1) is 26.9 Å². The number of hydrogen-bond donors (Lipinski definition) is 2. The Labute approximate surface area is 153 Å². The van der Waals surface area contributed by atoms with E-state index in [0.29, 0.717) is 34.2 Å². The van der Waals surface area contributed by atoms with Gasteiger partial charge in [-0.1, -0.05) is 0 Å². The monoisotopic (exact) mass is 371 g/mol. The molecule has 1 aliphatic rings. The highest BCUT2D eigenvalue weighted by Gasteiger charge is 2.33. The lowest BCUT2D eigenvalue weighted by Gasteiger charge is -2.26. The highest BCUT2D eigenvalue weighted by Crippen LogP contribution is 2.43. The third-order valence-electron chi connectivity index (χ3n) is 4.57. The summed E-state index contributed by atoms with van der Waals surface area (Å²) in [6.07, 6.45) is 1.40. The molecule has 4 rings (SSSR count). The Bertz CT molecular complexity index is 1080. The van der Waals surface area contributed by atoms with E-state index in [1.165, 1.54) is 32.2 Å². The SMILES string of the molecule is COc1cc(C2CC(=O)Nc3c2c(=O)[nH]c2ncnn32)cc(OC)c1OC. The van der Waals surface area contributed by atoms with Crippen LogP contribution in [0.2, 0.25) is 0 Å². The Hall–Kier alpha value is -3.56. The fourth-order valence-corrected chi connectivity index (χ4v) is 3.38. The number of benzene rings is 1. The van der Waals surface area contributed by atoms with Crippen LogP contribution in [0, 0.1) is 0 Å². The maximum Gasteiger partial charge on any atom is 0.258 e. The summed E-state index contributed by atoms with van der Waals surface area (Å²) in [5.41, 5.74) is 0.733. The van der Waals surface area contributed by atoms with Crippen LogP contribution in [0.5, 0.6) is 17.2 Å². The minimum atomic E-state index is -0.514. The first-order valence-corrected chi connectivity index (χ1v) is 8.13. The quantitative estimate of drug-likeness (QED) is 0.700. The number of aromatic nitrogens is 4. The van der Waals surface area contributed by atoms with Crippen LogP contribution in [0.15, 0.2) is 23.3 Å². The van der Waals surface area contributed by atoms with Gasteiger partial charge in [-0.25, -0.2) is 0 Å². The van der Waals surface area contributed by atoms with Crippen LogP contribution in [-0.2, 0) is 4.79 Å². The number of aromatic amines is 1. The molecule has 27 heavy (non-hydrogen) atoms. The van der Waals surface area contributed by atoms with Crippen molar-refractivity contribution in [2.24, 2.45) is 0 Å². The second kappa shape index (κ2) is 6.31. The summed E-state index contributed by atoms with van der Waals surface area (Å²) in [7, 11) is 4.53. The standard InChI is InChI=1S/C17H17N5O5/c1-25-10-4-8(5-11(26-2)14(10)27-3)9-6-12(23)20-15-13(9)16(24)21-17-18-7-19-22(15)17/h4-5,7,9H,6H2,1-3H3,(H,20,23)(H,18,19,21,24). The van der Waals surface area contributed by atoms with Crippen LogP contribution in [0.4, 0.5) is 5.82 Å². The van der Waals surface area contributed by atoms with E-state index in [9.17, 15) is 9.59 Å². The number of methoxy groups -OCH3 is 3. The van der Waals surface area contributed by atoms with E-state index in [1.807, 2.05) is 0 Å². The van der Waals surface area contributed by atoms with Gasteiger partial charge in [0, 0.05) is 12.3 Å². The first-order valence-electron chi connectivity index (χ1n) is 8.13. The number of anilines is 1. The zero-order valence-electron chi connectivity index (χ0n) is 14.9. The summed E-state index contributed by atoms with van der Waals surface area (Å²) in [4.78, 5) is 31.7. The van der Waals surface area contributed by atoms with Crippen molar-refractivity contribution >= 4 is 17.5 Å². The third kappa shape index (κ3) is 2.57. The zero-order valence-corrected chi connectivity index (χ0v) is 14.9. The molecule has 10 heteroatoms. The van der Waals surface area contributed by atoms with Crippen LogP contribution in [-0.4, -0.2) is 46.8 Å². The Morgan fingerprint density at radius 1 is 1.11 bits per heavy atom. The molecule has 3 heterocycles. The van der Waals surface area contributed by atoms with E-state index in [4.69, 9.17) is 14.2 Å². The molecule has 1 unspecified atom stereocenters. The molecule has 1 aliphatic heterocycles. The van der Waals surface area contributed by atoms with Crippen LogP contribution in [0.1, 0.15) is 23.5 Å². The first kappa shape index (κ1) is 16.9. The van der Waals surface area contributed by atoms with Gasteiger partial charge in [0.1, 0.15) is 12.1 Å². The largest absolute Gasteiger partial charge is 0.493 e. The summed E-state index contributed by atoms with van der Waals surface area (Å²) in [6.45, 7) is 0. The number of hydrogen-bond acceptors (Lipinski definition) is 7.